The molecular weight excluding hydrogens is 610 g/mol. The topological polar surface area (TPSA) is 132 Å². The van der Waals surface area contributed by atoms with E-state index < -0.39 is 0 Å². The highest BCUT2D eigenvalue weighted by Crippen LogP contribution is 2.35. The Hall–Kier alpha value is -4.75. The van der Waals surface area contributed by atoms with E-state index >= 15 is 0 Å². The first-order valence-corrected chi connectivity index (χ1v) is 16.6. The van der Waals surface area contributed by atoms with E-state index in [0.29, 0.717) is 68.2 Å². The summed E-state index contributed by atoms with van der Waals surface area (Å²) in [6, 6.07) is 7.58. The summed E-state index contributed by atoms with van der Waals surface area (Å²) in [5.41, 5.74) is 5.14. The number of hydrogen-bond donors (Lipinski definition) is 2. The van der Waals surface area contributed by atoms with Gasteiger partial charge in [-0.2, -0.15) is 5.10 Å². The number of aromatic nitrogens is 5. The van der Waals surface area contributed by atoms with Crippen molar-refractivity contribution in [3.8, 4) is 22.9 Å². The summed E-state index contributed by atoms with van der Waals surface area (Å²) in [5.74, 6) is 1.72. The number of pyridine rings is 1. The Morgan fingerprint density at radius 2 is 2.04 bits per heavy atom. The summed E-state index contributed by atoms with van der Waals surface area (Å²) >= 11 is 0. The Morgan fingerprint density at radius 1 is 1.21 bits per heavy atom. The third-order valence-electron chi connectivity index (χ3n) is 8.77. The largest absolute Gasteiger partial charge is 0.491 e. The molecule has 3 aromatic heterocycles. The molecule has 2 aliphatic heterocycles. The third kappa shape index (κ3) is 7.21. The van der Waals surface area contributed by atoms with Gasteiger partial charge in [-0.15, -0.1) is 0 Å². The summed E-state index contributed by atoms with van der Waals surface area (Å²) in [7, 11) is 5.95. The van der Waals surface area contributed by atoms with E-state index in [2.05, 4.69) is 45.9 Å². The first kappa shape index (κ1) is 33.2. The van der Waals surface area contributed by atoms with Crippen LogP contribution in [0.2, 0.25) is 0 Å². The van der Waals surface area contributed by atoms with E-state index in [-0.39, 0.29) is 17.7 Å². The first-order chi connectivity index (χ1) is 23.2. The molecule has 0 spiro atoms. The monoisotopic (exact) mass is 655 g/mol. The number of carbonyl (C=O) groups is 2. The molecule has 6 rings (SSSR count). The predicted octanol–water partition coefficient (Wildman–Crippen LogP) is 3.63. The number of aryl methyl sites for hydroxylation is 3. The van der Waals surface area contributed by atoms with Crippen LogP contribution in [0.4, 0.5) is 5.95 Å². The molecule has 2 bridgehead atoms. The van der Waals surface area contributed by atoms with Gasteiger partial charge in [0.1, 0.15) is 11.3 Å². The minimum atomic E-state index is -0.283. The lowest BCUT2D eigenvalue weighted by Crippen LogP contribution is -2.51. The van der Waals surface area contributed by atoms with Gasteiger partial charge in [0.15, 0.2) is 0 Å². The standard InChI is InChI=1S/C35H45N9O4/c1-6-30(45)43-20-24(21-43)22-48-32-25(18-36-12-14-41(3)4)10-11-28-31(32)44-13-8-7-9-15-47-34-27(19-37-42(34)5)29-17-26(16-23(2)38-29)33(46)40-35(44)39-28/h6,10-11,16-17,19,24,36H,1,7-9,12-15,18,20-22H2,2-5H3,(H,39,40,46). The zero-order valence-electron chi connectivity index (χ0n) is 28.3. The van der Waals surface area contributed by atoms with E-state index in [1.807, 2.05) is 26.1 Å². The molecule has 0 atom stereocenters. The SMILES string of the molecule is C=CC(=O)N1CC(COc2c(CNCCN(C)C)ccc3nc4n(c23)CCCCCOc2c(cnn2C)-c2cc(cc(C)n2)C(=O)N4)C1. The van der Waals surface area contributed by atoms with E-state index in [4.69, 9.17) is 19.4 Å². The van der Waals surface area contributed by atoms with Crippen molar-refractivity contribution in [1.82, 2.24) is 39.4 Å². The van der Waals surface area contributed by atoms with E-state index in [0.717, 1.165) is 60.3 Å². The van der Waals surface area contributed by atoms with Crippen LogP contribution in [0.25, 0.3) is 22.3 Å². The Balaban J connectivity index is 1.35. The van der Waals surface area contributed by atoms with Gasteiger partial charge in [0.25, 0.3) is 5.91 Å². The molecule has 13 heteroatoms. The van der Waals surface area contributed by atoms with Crippen LogP contribution in [0, 0.1) is 12.8 Å². The second-order valence-electron chi connectivity index (χ2n) is 12.8. The molecule has 1 aromatic carbocycles. The molecule has 1 saturated heterocycles. The summed E-state index contributed by atoms with van der Waals surface area (Å²) in [6.45, 7) is 10.7. The minimum absolute atomic E-state index is 0.0598. The van der Waals surface area contributed by atoms with Crippen molar-refractivity contribution in [2.24, 2.45) is 13.0 Å². The van der Waals surface area contributed by atoms with Crippen molar-refractivity contribution in [2.75, 3.05) is 58.8 Å². The van der Waals surface area contributed by atoms with Crippen LogP contribution < -0.4 is 20.1 Å². The van der Waals surface area contributed by atoms with Crippen molar-refractivity contribution in [3.63, 3.8) is 0 Å². The fourth-order valence-electron chi connectivity index (χ4n) is 6.16. The number of ether oxygens (including phenoxy) is 2. The number of likely N-dealkylation sites (N-methyl/N-ethyl adjacent to an activating group) is 1. The Bertz CT molecular complexity index is 1810. The summed E-state index contributed by atoms with van der Waals surface area (Å²) in [6.07, 6.45) is 5.67. The lowest BCUT2D eigenvalue weighted by molar-refractivity contribution is -0.132. The summed E-state index contributed by atoms with van der Waals surface area (Å²) in [4.78, 5) is 39.4. The molecule has 2 N–H and O–H groups in total. The van der Waals surface area contributed by atoms with Crippen molar-refractivity contribution in [3.05, 3.63) is 59.9 Å². The fourth-order valence-corrected chi connectivity index (χ4v) is 6.16. The molecule has 13 nitrogen and oxygen atoms in total. The minimum Gasteiger partial charge on any atom is -0.491 e. The van der Waals surface area contributed by atoms with Gasteiger partial charge < -0.3 is 29.2 Å². The average Bonchev–Trinajstić information content (AvgIpc) is 3.58. The quantitative estimate of drug-likeness (QED) is 0.205. The first-order valence-electron chi connectivity index (χ1n) is 16.6. The number of benzene rings is 1. The smallest absolute Gasteiger partial charge is 0.258 e. The second kappa shape index (κ2) is 14.6. The second-order valence-corrected chi connectivity index (χ2v) is 12.8. The van der Waals surface area contributed by atoms with Gasteiger partial charge in [-0.3, -0.25) is 19.9 Å². The maximum atomic E-state index is 13.8. The molecule has 0 unspecified atom stereocenters. The van der Waals surface area contributed by atoms with Crippen LogP contribution in [-0.2, 0) is 24.9 Å². The third-order valence-corrected chi connectivity index (χ3v) is 8.77. The van der Waals surface area contributed by atoms with Gasteiger partial charge >= 0.3 is 0 Å². The molecule has 2 amide bonds. The number of anilines is 1. The lowest BCUT2D eigenvalue weighted by atomic mass is 10.0. The number of nitrogens with zero attached hydrogens (tertiary/aromatic N) is 7. The normalized spacial score (nSPS) is 15.5. The molecule has 0 aliphatic carbocycles. The molecule has 0 saturated carbocycles. The number of fused-ring (bicyclic) bond motifs is 7. The van der Waals surface area contributed by atoms with Crippen LogP contribution in [0.5, 0.6) is 11.6 Å². The average molecular weight is 656 g/mol. The van der Waals surface area contributed by atoms with E-state index in [9.17, 15) is 9.59 Å². The van der Waals surface area contributed by atoms with E-state index in [1.165, 1.54) is 6.08 Å². The Morgan fingerprint density at radius 3 is 2.83 bits per heavy atom. The number of rotatable bonds is 9. The van der Waals surface area contributed by atoms with Gasteiger partial charge in [0, 0.05) is 69.1 Å². The van der Waals surface area contributed by atoms with Crippen molar-refractivity contribution < 1.29 is 19.1 Å². The van der Waals surface area contributed by atoms with Crippen LogP contribution in [0.3, 0.4) is 0 Å². The molecule has 0 radical (unpaired) electrons. The molecule has 2 aliphatic rings. The molecule has 48 heavy (non-hydrogen) atoms. The van der Waals surface area contributed by atoms with Gasteiger partial charge in [-0.1, -0.05) is 12.6 Å². The number of imidazole rings is 1. The number of nitrogens with one attached hydrogen (secondary N) is 2. The van der Waals surface area contributed by atoms with Crippen molar-refractivity contribution >= 4 is 28.8 Å². The van der Waals surface area contributed by atoms with Crippen molar-refractivity contribution in [2.45, 2.75) is 39.3 Å². The van der Waals surface area contributed by atoms with Crippen LogP contribution in [-0.4, -0.2) is 99.4 Å². The number of likely N-dealkylation sites (tertiary alicyclic amines) is 1. The molecule has 1 fully saturated rings. The van der Waals surface area contributed by atoms with E-state index in [1.54, 1.807) is 27.9 Å². The molecular formula is C35H45N9O4. The maximum Gasteiger partial charge on any atom is 0.258 e. The van der Waals surface area contributed by atoms with Gasteiger partial charge in [0.2, 0.25) is 17.7 Å². The highest BCUT2D eigenvalue weighted by atomic mass is 16.5. The fraction of sp³-hybridized carbons (Fsp3) is 0.457. The summed E-state index contributed by atoms with van der Waals surface area (Å²) in [5, 5.41) is 11.0. The summed E-state index contributed by atoms with van der Waals surface area (Å²) < 4.78 is 16.6. The van der Waals surface area contributed by atoms with Gasteiger partial charge in [-0.05, 0) is 64.6 Å². The highest BCUT2D eigenvalue weighted by Gasteiger charge is 2.31. The van der Waals surface area contributed by atoms with Gasteiger partial charge in [-0.25, -0.2) is 9.67 Å². The highest BCUT2D eigenvalue weighted by molar-refractivity contribution is 6.05. The number of carbonyl (C=O) groups excluding carboxylic acids is 2. The maximum absolute atomic E-state index is 13.8. The zero-order chi connectivity index (χ0) is 33.8. The Kier molecular flexibility index (Phi) is 10.1. The molecule has 4 aromatic rings. The predicted molar refractivity (Wildman–Crippen MR) is 184 cm³/mol. The van der Waals surface area contributed by atoms with Crippen LogP contribution in [0.1, 0.15) is 40.9 Å². The van der Waals surface area contributed by atoms with Crippen molar-refractivity contribution in [1.29, 1.82) is 0 Å². The number of amides is 2. The van der Waals surface area contributed by atoms with Gasteiger partial charge in [0.05, 0.1) is 36.2 Å². The lowest BCUT2D eigenvalue weighted by Gasteiger charge is -2.38. The zero-order valence-corrected chi connectivity index (χ0v) is 28.3. The number of hydrogen-bond acceptors (Lipinski definition) is 9. The van der Waals surface area contributed by atoms with Crippen LogP contribution in [0.15, 0.2) is 43.1 Å². The van der Waals surface area contributed by atoms with Crippen LogP contribution >= 0.6 is 0 Å². The molecule has 254 valence electrons. The Labute approximate surface area is 280 Å². The molecule has 5 heterocycles.